The number of halogens is 4. The summed E-state index contributed by atoms with van der Waals surface area (Å²) in [6.45, 7) is 1.54. The molecule has 32 heavy (non-hydrogen) atoms. The van der Waals surface area contributed by atoms with Gasteiger partial charge in [-0.3, -0.25) is 9.79 Å². The highest BCUT2D eigenvalue weighted by Crippen LogP contribution is 2.33. The quantitative estimate of drug-likeness (QED) is 0.461. The summed E-state index contributed by atoms with van der Waals surface area (Å²) in [5.41, 5.74) is 6.10. The first-order chi connectivity index (χ1) is 15.1. The van der Waals surface area contributed by atoms with Crippen LogP contribution in [0, 0.1) is 12.7 Å². The molecule has 1 heterocycles. The van der Waals surface area contributed by atoms with E-state index in [1.807, 2.05) is 0 Å². The van der Waals surface area contributed by atoms with Gasteiger partial charge in [-0.2, -0.15) is 13.2 Å². The molecule has 0 bridgehead atoms. The molecule has 1 aromatic heterocycles. The monoisotopic (exact) mass is 444 g/mol. The zero-order valence-corrected chi connectivity index (χ0v) is 17.5. The predicted octanol–water partition coefficient (Wildman–Crippen LogP) is 4.87. The third-order valence-corrected chi connectivity index (χ3v) is 5.04. The van der Waals surface area contributed by atoms with Crippen LogP contribution in [-0.2, 0) is 11.0 Å². The number of pyridine rings is 1. The summed E-state index contributed by atoms with van der Waals surface area (Å²) in [5.74, 6) is -1.16. The molecule has 0 saturated carbocycles. The summed E-state index contributed by atoms with van der Waals surface area (Å²) < 4.78 is 54.0. The van der Waals surface area contributed by atoms with E-state index in [0.29, 0.717) is 22.2 Å². The summed E-state index contributed by atoms with van der Waals surface area (Å²) >= 11 is 0. The van der Waals surface area contributed by atoms with Crippen LogP contribution in [0.15, 0.2) is 59.7 Å². The highest BCUT2D eigenvalue weighted by atomic mass is 19.4. The number of anilines is 1. The van der Waals surface area contributed by atoms with Crippen LogP contribution in [0.1, 0.15) is 11.1 Å². The fourth-order valence-electron chi connectivity index (χ4n) is 3.27. The molecule has 5 nitrogen and oxygen atoms in total. The van der Waals surface area contributed by atoms with Crippen molar-refractivity contribution in [1.29, 1.82) is 0 Å². The normalized spacial score (nSPS) is 12.5. The number of hydrogen-bond donors (Lipinski definition) is 1. The largest absolute Gasteiger partial charge is 0.416 e. The minimum atomic E-state index is -4.45. The van der Waals surface area contributed by atoms with E-state index in [0.717, 1.165) is 17.0 Å². The molecule has 166 valence electrons. The van der Waals surface area contributed by atoms with Gasteiger partial charge < -0.3 is 10.6 Å². The third kappa shape index (κ3) is 4.32. The number of amides is 1. The molecule has 3 aromatic rings. The second kappa shape index (κ2) is 8.78. The minimum absolute atomic E-state index is 0.0402. The number of aliphatic imine (C=N–C) groups is 1. The van der Waals surface area contributed by atoms with Gasteiger partial charge in [-0.1, -0.05) is 12.1 Å². The molecule has 0 aliphatic carbocycles. The minimum Gasteiger partial charge on any atom is -0.405 e. The number of nitrogens with two attached hydrogens (primary N) is 1. The van der Waals surface area contributed by atoms with E-state index >= 15 is 4.39 Å². The van der Waals surface area contributed by atoms with E-state index in [1.165, 1.54) is 50.6 Å². The first kappa shape index (κ1) is 22.9. The SMILES string of the molecule is CN=C(C=CN)C(=O)N(C)c1ccc(-c2ccc3cc(C(F)(F)F)ccc3n2)c(C)c1F. The van der Waals surface area contributed by atoms with Gasteiger partial charge in [0.1, 0.15) is 11.5 Å². The highest BCUT2D eigenvalue weighted by molar-refractivity contribution is 6.47. The smallest absolute Gasteiger partial charge is 0.405 e. The first-order valence-corrected chi connectivity index (χ1v) is 9.49. The number of fused-ring (bicyclic) bond motifs is 1. The Bertz CT molecular complexity index is 1250. The van der Waals surface area contributed by atoms with Gasteiger partial charge in [0.05, 0.1) is 22.5 Å². The fraction of sp³-hybridized carbons (Fsp3) is 0.174. The topological polar surface area (TPSA) is 71.6 Å². The van der Waals surface area contributed by atoms with Crippen LogP contribution in [0.5, 0.6) is 0 Å². The van der Waals surface area contributed by atoms with Crippen molar-refractivity contribution >= 4 is 28.2 Å². The number of benzene rings is 2. The summed E-state index contributed by atoms with van der Waals surface area (Å²) in [4.78, 5) is 21.9. The first-order valence-electron chi connectivity index (χ1n) is 9.49. The standard InChI is InChI=1S/C23H20F4N4O/c1-13-16(6-9-20(21(13)24)31(3)22(32)19(29-2)10-11-28)18-7-4-14-12-15(23(25,26)27)5-8-17(14)30-18/h4-12H,28H2,1-3H3. The molecule has 0 saturated heterocycles. The fourth-order valence-corrected chi connectivity index (χ4v) is 3.27. The summed E-state index contributed by atoms with van der Waals surface area (Å²) in [6, 6.07) is 9.35. The van der Waals surface area contributed by atoms with Crippen molar-refractivity contribution in [3.63, 3.8) is 0 Å². The Morgan fingerprint density at radius 3 is 2.50 bits per heavy atom. The molecule has 0 aliphatic rings. The Labute approximate surface area is 181 Å². The summed E-state index contributed by atoms with van der Waals surface area (Å²) in [5, 5.41) is 0.322. The van der Waals surface area contributed by atoms with E-state index in [9.17, 15) is 18.0 Å². The molecule has 0 spiro atoms. The number of nitrogens with zero attached hydrogens (tertiary/aromatic N) is 3. The number of carbonyl (C=O) groups excluding carboxylic acids is 1. The van der Waals surface area contributed by atoms with Crippen LogP contribution >= 0.6 is 0 Å². The Morgan fingerprint density at radius 2 is 1.88 bits per heavy atom. The molecule has 2 N–H and O–H groups in total. The van der Waals surface area contributed by atoms with Crippen LogP contribution in [0.3, 0.4) is 0 Å². The molecule has 0 atom stereocenters. The maximum absolute atomic E-state index is 15.2. The summed E-state index contributed by atoms with van der Waals surface area (Å²) in [7, 11) is 2.84. The van der Waals surface area contributed by atoms with E-state index in [-0.39, 0.29) is 17.0 Å². The Hall–Kier alpha value is -3.75. The maximum atomic E-state index is 15.2. The molecule has 0 radical (unpaired) electrons. The average molecular weight is 444 g/mol. The predicted molar refractivity (Wildman–Crippen MR) is 117 cm³/mol. The number of alkyl halides is 3. The number of aromatic nitrogens is 1. The second-order valence-corrected chi connectivity index (χ2v) is 7.01. The van der Waals surface area contributed by atoms with Crippen molar-refractivity contribution in [3.8, 4) is 11.3 Å². The lowest BCUT2D eigenvalue weighted by atomic mass is 10.0. The van der Waals surface area contributed by atoms with Gasteiger partial charge in [0, 0.05) is 25.0 Å². The lowest BCUT2D eigenvalue weighted by Gasteiger charge is -2.20. The summed E-state index contributed by atoms with van der Waals surface area (Å²) in [6.07, 6.45) is -1.96. The number of hydrogen-bond acceptors (Lipinski definition) is 4. The molecule has 0 aliphatic heterocycles. The van der Waals surface area contributed by atoms with Crippen LogP contribution < -0.4 is 10.6 Å². The molecule has 0 unspecified atom stereocenters. The zero-order valence-electron chi connectivity index (χ0n) is 17.5. The van der Waals surface area contributed by atoms with Crippen LogP contribution in [0.4, 0.5) is 23.2 Å². The van der Waals surface area contributed by atoms with Crippen LogP contribution in [0.25, 0.3) is 22.2 Å². The van der Waals surface area contributed by atoms with Gasteiger partial charge in [-0.25, -0.2) is 9.37 Å². The molecule has 3 rings (SSSR count). The van der Waals surface area contributed by atoms with E-state index < -0.39 is 23.5 Å². The molecule has 1 amide bonds. The van der Waals surface area contributed by atoms with Gasteiger partial charge in [0.2, 0.25) is 0 Å². The maximum Gasteiger partial charge on any atom is 0.416 e. The highest BCUT2D eigenvalue weighted by Gasteiger charge is 2.30. The Kier molecular flexibility index (Phi) is 6.29. The van der Waals surface area contributed by atoms with Crippen molar-refractivity contribution in [3.05, 3.63) is 71.7 Å². The van der Waals surface area contributed by atoms with E-state index in [2.05, 4.69) is 9.98 Å². The van der Waals surface area contributed by atoms with Crippen molar-refractivity contribution in [2.24, 2.45) is 10.7 Å². The van der Waals surface area contributed by atoms with Gasteiger partial charge in [0.25, 0.3) is 5.91 Å². The second-order valence-electron chi connectivity index (χ2n) is 7.01. The van der Waals surface area contributed by atoms with E-state index in [4.69, 9.17) is 5.73 Å². The molecular weight excluding hydrogens is 424 g/mol. The van der Waals surface area contributed by atoms with Gasteiger partial charge in [-0.15, -0.1) is 0 Å². The average Bonchev–Trinajstić information content (AvgIpc) is 2.77. The van der Waals surface area contributed by atoms with E-state index in [1.54, 1.807) is 13.0 Å². The molecule has 9 heteroatoms. The zero-order chi connectivity index (χ0) is 23.6. The van der Waals surface area contributed by atoms with Gasteiger partial charge in [-0.05, 0) is 55.1 Å². The molecule has 2 aromatic carbocycles. The van der Waals surface area contributed by atoms with Crippen molar-refractivity contribution in [1.82, 2.24) is 4.98 Å². The van der Waals surface area contributed by atoms with Crippen molar-refractivity contribution in [2.45, 2.75) is 13.1 Å². The Balaban J connectivity index is 2.00. The number of carbonyl (C=O) groups is 1. The molecular formula is C23H20F4N4O. The van der Waals surface area contributed by atoms with Crippen LogP contribution in [0.2, 0.25) is 0 Å². The Morgan fingerprint density at radius 1 is 1.16 bits per heavy atom. The molecule has 0 fully saturated rings. The van der Waals surface area contributed by atoms with Gasteiger partial charge in [0.15, 0.2) is 0 Å². The third-order valence-electron chi connectivity index (χ3n) is 5.04. The number of rotatable bonds is 4. The van der Waals surface area contributed by atoms with Crippen LogP contribution in [-0.4, -0.2) is 30.7 Å². The van der Waals surface area contributed by atoms with Crippen molar-refractivity contribution < 1.29 is 22.4 Å². The lowest BCUT2D eigenvalue weighted by molar-refractivity contribution is -0.137. The van der Waals surface area contributed by atoms with Crippen molar-refractivity contribution in [2.75, 3.05) is 19.0 Å². The lowest BCUT2D eigenvalue weighted by Crippen LogP contribution is -2.33. The van der Waals surface area contributed by atoms with Gasteiger partial charge >= 0.3 is 6.18 Å².